The molecule has 2 N–H and O–H groups in total. The Labute approximate surface area is 70.7 Å². The van der Waals surface area contributed by atoms with Crippen molar-refractivity contribution < 1.29 is 9.90 Å². The van der Waals surface area contributed by atoms with E-state index in [1.807, 2.05) is 0 Å². The van der Waals surface area contributed by atoms with Crippen molar-refractivity contribution in [3.8, 4) is 0 Å². The van der Waals surface area contributed by atoms with Gasteiger partial charge in [-0.05, 0) is 19.3 Å². The van der Waals surface area contributed by atoms with Gasteiger partial charge in [-0.15, -0.1) is 11.6 Å². The number of hydrogen-bond acceptors (Lipinski definition) is 2. The Balaban J connectivity index is 2.30. The fraction of sp³-hybridized carbons (Fsp3) is 0.857. The number of amides is 1. The van der Waals surface area contributed by atoms with Crippen LogP contribution in [0.4, 0.5) is 0 Å². The van der Waals surface area contributed by atoms with Crippen LogP contribution < -0.4 is 5.32 Å². The van der Waals surface area contributed by atoms with Crippen LogP contribution in [0.5, 0.6) is 0 Å². The molecule has 0 aromatic carbocycles. The van der Waals surface area contributed by atoms with Gasteiger partial charge in [-0.3, -0.25) is 4.79 Å². The van der Waals surface area contributed by atoms with Crippen molar-refractivity contribution in [3.05, 3.63) is 0 Å². The summed E-state index contributed by atoms with van der Waals surface area (Å²) in [5.74, 6) is -0.221. The maximum absolute atomic E-state index is 10.8. The van der Waals surface area contributed by atoms with E-state index in [0.29, 0.717) is 0 Å². The molecule has 1 aliphatic carbocycles. The number of carbonyl (C=O) groups is 1. The Bertz CT molecular complexity index is 151. The summed E-state index contributed by atoms with van der Waals surface area (Å²) < 4.78 is 0. The SMILES string of the molecule is O=C(CCl)NC1CCCC1O. The third-order valence-corrected chi connectivity index (χ3v) is 2.19. The van der Waals surface area contributed by atoms with Crippen LogP contribution in [0.25, 0.3) is 0 Å². The summed E-state index contributed by atoms with van der Waals surface area (Å²) in [6, 6.07) is -0.0683. The summed E-state index contributed by atoms with van der Waals surface area (Å²) >= 11 is 5.28. The van der Waals surface area contributed by atoms with E-state index in [1.165, 1.54) is 0 Å². The second-order valence-corrected chi connectivity index (χ2v) is 3.07. The summed E-state index contributed by atoms with van der Waals surface area (Å²) in [5.41, 5.74) is 0. The average Bonchev–Trinajstić information content (AvgIpc) is 2.37. The topological polar surface area (TPSA) is 49.3 Å². The summed E-state index contributed by atoms with van der Waals surface area (Å²) in [6.07, 6.45) is 2.26. The minimum atomic E-state index is -0.373. The van der Waals surface area contributed by atoms with Crippen molar-refractivity contribution >= 4 is 17.5 Å². The number of alkyl halides is 1. The van der Waals surface area contributed by atoms with Gasteiger partial charge >= 0.3 is 0 Å². The van der Waals surface area contributed by atoms with E-state index >= 15 is 0 Å². The van der Waals surface area contributed by atoms with Gasteiger partial charge in [-0.1, -0.05) is 0 Å². The molecule has 64 valence electrons. The summed E-state index contributed by atoms with van der Waals surface area (Å²) in [7, 11) is 0. The van der Waals surface area contributed by atoms with Gasteiger partial charge in [0, 0.05) is 0 Å². The highest BCUT2D eigenvalue weighted by Gasteiger charge is 2.25. The monoisotopic (exact) mass is 177 g/mol. The molecule has 1 saturated carbocycles. The Morgan fingerprint density at radius 2 is 2.36 bits per heavy atom. The molecule has 2 atom stereocenters. The van der Waals surface area contributed by atoms with Crippen LogP contribution in [-0.2, 0) is 4.79 Å². The fourth-order valence-electron chi connectivity index (χ4n) is 1.35. The molecule has 1 rings (SSSR count). The van der Waals surface area contributed by atoms with Crippen molar-refractivity contribution in [1.82, 2.24) is 5.32 Å². The number of aliphatic hydroxyl groups excluding tert-OH is 1. The molecule has 1 fully saturated rings. The van der Waals surface area contributed by atoms with Crippen LogP contribution in [-0.4, -0.2) is 29.0 Å². The van der Waals surface area contributed by atoms with Crippen LogP contribution in [0.15, 0.2) is 0 Å². The van der Waals surface area contributed by atoms with E-state index in [9.17, 15) is 9.90 Å². The molecule has 2 unspecified atom stereocenters. The third-order valence-electron chi connectivity index (χ3n) is 1.95. The van der Waals surface area contributed by atoms with Crippen LogP contribution >= 0.6 is 11.6 Å². The largest absolute Gasteiger partial charge is 0.391 e. The fourth-order valence-corrected chi connectivity index (χ4v) is 1.43. The predicted octanol–water partition coefficient (Wildman–Crippen LogP) is 0.255. The molecule has 0 spiro atoms. The summed E-state index contributed by atoms with van der Waals surface area (Å²) in [5, 5.41) is 11.9. The predicted molar refractivity (Wildman–Crippen MR) is 42.5 cm³/mol. The van der Waals surface area contributed by atoms with E-state index in [1.54, 1.807) is 0 Å². The van der Waals surface area contributed by atoms with Crippen molar-refractivity contribution in [2.24, 2.45) is 0 Å². The molecule has 0 aromatic heterocycles. The summed E-state index contributed by atoms with van der Waals surface area (Å²) in [4.78, 5) is 10.8. The molecular weight excluding hydrogens is 166 g/mol. The second kappa shape index (κ2) is 3.93. The maximum atomic E-state index is 10.8. The molecule has 0 radical (unpaired) electrons. The molecule has 1 aliphatic rings. The van der Waals surface area contributed by atoms with E-state index < -0.39 is 0 Å². The molecule has 0 saturated heterocycles. The number of nitrogens with one attached hydrogen (secondary N) is 1. The highest BCUT2D eigenvalue weighted by atomic mass is 35.5. The lowest BCUT2D eigenvalue weighted by Gasteiger charge is -2.14. The van der Waals surface area contributed by atoms with Gasteiger partial charge in [-0.25, -0.2) is 0 Å². The van der Waals surface area contributed by atoms with Crippen LogP contribution in [0.1, 0.15) is 19.3 Å². The van der Waals surface area contributed by atoms with Crippen LogP contribution in [0, 0.1) is 0 Å². The zero-order chi connectivity index (χ0) is 8.27. The molecule has 0 aromatic rings. The van der Waals surface area contributed by atoms with E-state index in [2.05, 4.69) is 5.32 Å². The quantitative estimate of drug-likeness (QED) is 0.595. The highest BCUT2D eigenvalue weighted by molar-refractivity contribution is 6.27. The Morgan fingerprint density at radius 1 is 1.64 bits per heavy atom. The van der Waals surface area contributed by atoms with Crippen LogP contribution in [0.2, 0.25) is 0 Å². The maximum Gasteiger partial charge on any atom is 0.235 e. The molecule has 0 bridgehead atoms. The highest BCUT2D eigenvalue weighted by Crippen LogP contribution is 2.18. The van der Waals surface area contributed by atoms with Gasteiger partial charge in [0.15, 0.2) is 0 Å². The van der Waals surface area contributed by atoms with Crippen molar-refractivity contribution in [3.63, 3.8) is 0 Å². The van der Waals surface area contributed by atoms with E-state index in [4.69, 9.17) is 11.6 Å². The Morgan fingerprint density at radius 3 is 2.82 bits per heavy atom. The molecule has 1 amide bonds. The average molecular weight is 178 g/mol. The first-order chi connectivity index (χ1) is 5.24. The smallest absolute Gasteiger partial charge is 0.235 e. The normalized spacial score (nSPS) is 30.4. The van der Waals surface area contributed by atoms with Gasteiger partial charge in [0.25, 0.3) is 0 Å². The Kier molecular flexibility index (Phi) is 3.15. The molecule has 3 nitrogen and oxygen atoms in total. The molecule has 0 heterocycles. The molecule has 0 aliphatic heterocycles. The first-order valence-electron chi connectivity index (χ1n) is 3.77. The second-order valence-electron chi connectivity index (χ2n) is 2.81. The number of rotatable bonds is 2. The number of aliphatic hydroxyl groups is 1. The van der Waals surface area contributed by atoms with Gasteiger partial charge in [0.2, 0.25) is 5.91 Å². The lowest BCUT2D eigenvalue weighted by Crippen LogP contribution is -2.40. The zero-order valence-corrected chi connectivity index (χ0v) is 6.97. The first kappa shape index (κ1) is 8.81. The first-order valence-corrected chi connectivity index (χ1v) is 4.31. The zero-order valence-electron chi connectivity index (χ0n) is 6.22. The minimum Gasteiger partial charge on any atom is -0.391 e. The number of carbonyl (C=O) groups excluding carboxylic acids is 1. The van der Waals surface area contributed by atoms with E-state index in [0.717, 1.165) is 19.3 Å². The van der Waals surface area contributed by atoms with Gasteiger partial charge in [0.1, 0.15) is 5.88 Å². The van der Waals surface area contributed by atoms with Gasteiger partial charge in [-0.2, -0.15) is 0 Å². The van der Waals surface area contributed by atoms with Gasteiger partial charge < -0.3 is 10.4 Å². The summed E-state index contributed by atoms with van der Waals surface area (Å²) in [6.45, 7) is 0. The van der Waals surface area contributed by atoms with Crippen molar-refractivity contribution in [2.75, 3.05) is 5.88 Å². The van der Waals surface area contributed by atoms with Crippen LogP contribution in [0.3, 0.4) is 0 Å². The lowest BCUT2D eigenvalue weighted by atomic mass is 10.2. The number of hydrogen-bond donors (Lipinski definition) is 2. The standard InChI is InChI=1S/C7H12ClNO2/c8-4-7(11)9-5-2-1-3-6(5)10/h5-6,10H,1-4H2,(H,9,11). The number of halogens is 1. The van der Waals surface area contributed by atoms with E-state index in [-0.39, 0.29) is 23.9 Å². The van der Waals surface area contributed by atoms with Crippen molar-refractivity contribution in [1.29, 1.82) is 0 Å². The molecule has 4 heteroatoms. The molecule has 11 heavy (non-hydrogen) atoms. The van der Waals surface area contributed by atoms with Gasteiger partial charge in [0.05, 0.1) is 12.1 Å². The molecular formula is C7H12ClNO2. The van der Waals surface area contributed by atoms with Crippen molar-refractivity contribution in [2.45, 2.75) is 31.4 Å². The Hall–Kier alpha value is -0.280. The minimum absolute atomic E-state index is 0.0246. The lowest BCUT2D eigenvalue weighted by molar-refractivity contribution is -0.120. The third kappa shape index (κ3) is 2.34.